The highest BCUT2D eigenvalue weighted by Crippen LogP contribution is 2.33. The Labute approximate surface area is 202 Å². The molecule has 12 heteroatoms. The first-order chi connectivity index (χ1) is 17.0. The molecule has 4 aromatic rings. The number of hydrogen-bond donors (Lipinski definition) is 1. The molecule has 2 aliphatic rings. The van der Waals surface area contributed by atoms with E-state index in [1.54, 1.807) is 25.6 Å². The van der Waals surface area contributed by atoms with Crippen molar-refractivity contribution in [2.45, 2.75) is 52.6 Å². The third kappa shape index (κ3) is 4.96. The number of nitrogens with one attached hydrogen (secondary N) is 1. The summed E-state index contributed by atoms with van der Waals surface area (Å²) in [4.78, 5) is 36.7. The zero-order chi connectivity index (χ0) is 24.4. The normalized spacial score (nSPS) is 17.3. The van der Waals surface area contributed by atoms with Crippen molar-refractivity contribution in [2.24, 2.45) is 5.92 Å². The average molecular weight is 477 g/mol. The van der Waals surface area contributed by atoms with Crippen LogP contribution in [0.4, 0.5) is 5.82 Å². The predicted octanol–water partition coefficient (Wildman–Crippen LogP) is 2.41. The Bertz CT molecular complexity index is 1300. The molecule has 35 heavy (non-hydrogen) atoms. The molecule has 1 aliphatic carbocycles. The first kappa shape index (κ1) is 22.8. The van der Waals surface area contributed by atoms with Gasteiger partial charge in [-0.05, 0) is 33.1 Å². The molecule has 5 heterocycles. The van der Waals surface area contributed by atoms with E-state index < -0.39 is 0 Å². The van der Waals surface area contributed by atoms with Crippen LogP contribution in [0, 0.1) is 19.8 Å². The lowest BCUT2D eigenvalue weighted by Gasteiger charge is -2.17. The number of likely N-dealkylation sites (tertiary alicyclic amines) is 1. The fraction of sp³-hybridized carbons (Fsp3) is 0.478. The molecule has 4 aromatic heterocycles. The van der Waals surface area contributed by atoms with Crippen LogP contribution in [0.3, 0.4) is 0 Å². The minimum Gasteiger partial charge on any atom is -0.428 e. The summed E-state index contributed by atoms with van der Waals surface area (Å²) in [6.45, 7) is 7.91. The van der Waals surface area contributed by atoms with Gasteiger partial charge in [0.2, 0.25) is 18.2 Å². The number of anilines is 1. The number of aromatic nitrogens is 8. The highest BCUT2D eigenvalue weighted by molar-refractivity contribution is 5.86. The van der Waals surface area contributed by atoms with Crippen LogP contribution in [0.5, 0.6) is 0 Å². The molecule has 1 aliphatic heterocycles. The van der Waals surface area contributed by atoms with E-state index in [-0.39, 0.29) is 12.0 Å². The molecule has 0 bridgehead atoms. The van der Waals surface area contributed by atoms with Crippen molar-refractivity contribution in [3.63, 3.8) is 0 Å². The first-order valence-electron chi connectivity index (χ1n) is 11.8. The van der Waals surface area contributed by atoms with Crippen LogP contribution < -0.4 is 5.32 Å². The van der Waals surface area contributed by atoms with Crippen LogP contribution in [0.2, 0.25) is 0 Å². The maximum atomic E-state index is 12.3. The molecule has 182 valence electrons. The number of hydrogen-bond acceptors (Lipinski definition) is 10. The molecule has 1 N–H and O–H groups in total. The number of fused-ring (bicyclic) bond motifs is 1. The summed E-state index contributed by atoms with van der Waals surface area (Å²) >= 11 is 0. The summed E-state index contributed by atoms with van der Waals surface area (Å²) in [6.07, 6.45) is 9.44. The van der Waals surface area contributed by atoms with Gasteiger partial charge in [-0.3, -0.25) is 4.79 Å². The van der Waals surface area contributed by atoms with E-state index >= 15 is 0 Å². The Morgan fingerprint density at radius 1 is 1.14 bits per heavy atom. The van der Waals surface area contributed by atoms with E-state index in [4.69, 9.17) is 4.98 Å². The second-order valence-corrected chi connectivity index (χ2v) is 8.74. The van der Waals surface area contributed by atoms with Gasteiger partial charge in [0.05, 0.1) is 5.56 Å². The molecule has 1 amide bonds. The lowest BCUT2D eigenvalue weighted by atomic mass is 10.2. The lowest BCUT2D eigenvalue weighted by molar-refractivity contribution is -0.131. The number of carbonyl (C=O) groups is 1. The Hall–Kier alpha value is -3.96. The fourth-order valence-corrected chi connectivity index (χ4v) is 4.16. The van der Waals surface area contributed by atoms with Gasteiger partial charge in [-0.1, -0.05) is 0 Å². The van der Waals surface area contributed by atoms with Crippen molar-refractivity contribution in [3.8, 4) is 11.4 Å². The monoisotopic (exact) mass is 476 g/mol. The molecular formula is C23H28N10O2. The van der Waals surface area contributed by atoms with E-state index in [1.807, 2.05) is 16.4 Å². The molecule has 6 rings (SSSR count). The maximum Gasteiger partial charge on any atom is 0.225 e. The van der Waals surface area contributed by atoms with Crippen molar-refractivity contribution in [3.05, 3.63) is 36.8 Å². The quantitative estimate of drug-likeness (QED) is 0.456. The van der Waals surface area contributed by atoms with Crippen LogP contribution in [-0.4, -0.2) is 69.6 Å². The molecule has 0 aromatic carbocycles. The Morgan fingerprint density at radius 2 is 1.94 bits per heavy atom. The summed E-state index contributed by atoms with van der Waals surface area (Å²) in [5.74, 6) is 3.39. The zero-order valence-electron chi connectivity index (χ0n) is 20.0. The highest BCUT2D eigenvalue weighted by atomic mass is 16.4. The molecule has 2 fully saturated rings. The smallest absolute Gasteiger partial charge is 0.225 e. The molecule has 1 unspecified atom stereocenters. The Kier molecular flexibility index (Phi) is 6.34. The summed E-state index contributed by atoms with van der Waals surface area (Å²) in [6, 6.07) is 0.175. The highest BCUT2D eigenvalue weighted by Gasteiger charge is 2.36. The maximum absolute atomic E-state index is 12.3. The number of amides is 1. The summed E-state index contributed by atoms with van der Waals surface area (Å²) in [7, 11) is 0. The topological polar surface area (TPSA) is 141 Å². The lowest BCUT2D eigenvalue weighted by Crippen LogP contribution is -2.32. The van der Waals surface area contributed by atoms with Crippen molar-refractivity contribution in [1.29, 1.82) is 0 Å². The molecule has 1 saturated carbocycles. The van der Waals surface area contributed by atoms with E-state index in [9.17, 15) is 4.79 Å². The van der Waals surface area contributed by atoms with Crippen molar-refractivity contribution in [1.82, 2.24) is 44.6 Å². The van der Waals surface area contributed by atoms with Crippen molar-refractivity contribution < 1.29 is 9.21 Å². The third-order valence-corrected chi connectivity index (χ3v) is 6.12. The predicted molar refractivity (Wildman–Crippen MR) is 127 cm³/mol. The van der Waals surface area contributed by atoms with Gasteiger partial charge < -0.3 is 19.2 Å². The standard InChI is InChI=1S/C20H24N8O.C3H4N2O/c1-3-28-18(14-8-21-12(2)22-9-14)26-16-17(23-11-24-19(16)28)25-15-6-7-27(10-15)20(29)13-4-5-13;1-3-5-4-2-6-3/h8-9,11,13,15H,3-7,10H2,1-2H3,(H,23,24,25);2H,1H3. The Balaban J connectivity index is 0.000000371. The van der Waals surface area contributed by atoms with Crippen molar-refractivity contribution in [2.75, 3.05) is 18.4 Å². The average Bonchev–Trinajstić information content (AvgIpc) is 3.23. The van der Waals surface area contributed by atoms with Crippen LogP contribution in [0.25, 0.3) is 22.6 Å². The van der Waals surface area contributed by atoms with E-state index in [0.717, 1.165) is 60.7 Å². The molecule has 1 atom stereocenters. The van der Waals surface area contributed by atoms with Crippen molar-refractivity contribution >= 4 is 22.9 Å². The minimum atomic E-state index is 0.175. The van der Waals surface area contributed by atoms with Crippen LogP contribution in [0.15, 0.2) is 29.5 Å². The van der Waals surface area contributed by atoms with Gasteiger partial charge in [0, 0.05) is 50.9 Å². The number of nitrogens with zero attached hydrogens (tertiary/aromatic N) is 9. The SMILES string of the molecule is CCn1c(-c2cnc(C)nc2)nc2c(NC3CCN(C(=O)C4CC4)C3)ncnc21.Cc1nnco1. The number of carbonyl (C=O) groups excluding carboxylic acids is 1. The minimum absolute atomic E-state index is 0.175. The van der Waals surface area contributed by atoms with Gasteiger partial charge in [0.15, 0.2) is 17.0 Å². The third-order valence-electron chi connectivity index (χ3n) is 6.12. The van der Waals surface area contributed by atoms with Crippen LogP contribution in [-0.2, 0) is 11.3 Å². The number of rotatable bonds is 5. The van der Waals surface area contributed by atoms with Gasteiger partial charge in [0.25, 0.3) is 0 Å². The van der Waals surface area contributed by atoms with E-state index in [0.29, 0.717) is 24.2 Å². The summed E-state index contributed by atoms with van der Waals surface area (Å²) < 4.78 is 6.66. The Morgan fingerprint density at radius 3 is 2.57 bits per heavy atom. The van der Waals surface area contributed by atoms with Crippen LogP contribution >= 0.6 is 0 Å². The van der Waals surface area contributed by atoms with Gasteiger partial charge >= 0.3 is 0 Å². The largest absolute Gasteiger partial charge is 0.428 e. The number of imidazole rings is 1. The molecule has 0 radical (unpaired) electrons. The van der Waals surface area contributed by atoms with E-state index in [2.05, 4.69) is 46.8 Å². The van der Waals surface area contributed by atoms with Gasteiger partial charge in [-0.2, -0.15) is 0 Å². The molecule has 0 spiro atoms. The first-order valence-corrected chi connectivity index (χ1v) is 11.8. The van der Waals surface area contributed by atoms with Crippen LogP contribution in [0.1, 0.15) is 37.9 Å². The van der Waals surface area contributed by atoms with Gasteiger partial charge in [0.1, 0.15) is 18.0 Å². The second kappa shape index (κ2) is 9.72. The summed E-state index contributed by atoms with van der Waals surface area (Å²) in [5.41, 5.74) is 2.37. The van der Waals surface area contributed by atoms with Gasteiger partial charge in [-0.25, -0.2) is 24.9 Å². The van der Waals surface area contributed by atoms with E-state index in [1.165, 1.54) is 6.39 Å². The molecular weight excluding hydrogens is 448 g/mol. The molecule has 1 saturated heterocycles. The van der Waals surface area contributed by atoms with Gasteiger partial charge in [-0.15, -0.1) is 10.2 Å². The zero-order valence-corrected chi connectivity index (χ0v) is 20.0. The molecule has 12 nitrogen and oxygen atoms in total. The second-order valence-electron chi connectivity index (χ2n) is 8.74. The summed E-state index contributed by atoms with van der Waals surface area (Å²) in [5, 5.41) is 10.4. The number of aryl methyl sites for hydroxylation is 3. The fourth-order valence-electron chi connectivity index (χ4n) is 4.16.